The first-order valence-corrected chi connectivity index (χ1v) is 5.86. The van der Waals surface area contributed by atoms with Crippen molar-refractivity contribution in [1.29, 1.82) is 0 Å². The van der Waals surface area contributed by atoms with Gasteiger partial charge < -0.3 is 9.47 Å². The number of rotatable bonds is 3. The fraction of sp³-hybridized carbons (Fsp3) is 0.133. The highest BCUT2D eigenvalue weighted by Crippen LogP contribution is 2.27. The van der Waals surface area contributed by atoms with E-state index in [0.717, 1.165) is 0 Å². The van der Waals surface area contributed by atoms with Crippen LogP contribution in [0, 0.1) is 0 Å². The van der Waals surface area contributed by atoms with Gasteiger partial charge in [0.25, 0.3) is 0 Å². The molecule has 0 spiro atoms. The summed E-state index contributed by atoms with van der Waals surface area (Å²) in [6, 6.07) is 16.2. The Morgan fingerprint density at radius 1 is 1.00 bits per heavy atom. The van der Waals surface area contributed by atoms with Crippen molar-refractivity contribution >= 4 is 11.8 Å². The van der Waals surface area contributed by atoms with Gasteiger partial charge in [0, 0.05) is 7.05 Å². The summed E-state index contributed by atoms with van der Waals surface area (Å²) in [6.45, 7) is 0. The molecule has 2 rings (SSSR count). The molecule has 0 heterocycles. The molecule has 0 unspecified atom stereocenters. The van der Waals surface area contributed by atoms with Crippen LogP contribution in [0.2, 0.25) is 0 Å². The van der Waals surface area contributed by atoms with Gasteiger partial charge in [0.1, 0.15) is 11.5 Å². The molecule has 0 aliphatic heterocycles. The molecule has 2 aromatic carbocycles. The van der Waals surface area contributed by atoms with Gasteiger partial charge in [-0.25, -0.2) is 4.79 Å². The Labute approximate surface area is 112 Å². The molecule has 0 fully saturated rings. The topological polar surface area (TPSA) is 38.8 Å². The van der Waals surface area contributed by atoms with Crippen molar-refractivity contribution in [2.75, 3.05) is 19.1 Å². The number of methoxy groups -OCH3 is 1. The van der Waals surface area contributed by atoms with Crippen molar-refractivity contribution < 1.29 is 14.3 Å². The molecule has 4 heteroatoms. The molecular weight excluding hydrogens is 242 g/mol. The number of amides is 1. The van der Waals surface area contributed by atoms with Crippen molar-refractivity contribution in [2.45, 2.75) is 0 Å². The third kappa shape index (κ3) is 3.04. The fourth-order valence-electron chi connectivity index (χ4n) is 1.66. The molecule has 0 aliphatic carbocycles. The Kier molecular flexibility index (Phi) is 4.03. The van der Waals surface area contributed by atoms with Crippen LogP contribution in [-0.2, 0) is 0 Å². The first-order chi connectivity index (χ1) is 9.22. The third-order valence-corrected chi connectivity index (χ3v) is 2.67. The molecule has 0 N–H and O–H groups in total. The maximum Gasteiger partial charge on any atom is 0.419 e. The van der Waals surface area contributed by atoms with E-state index in [9.17, 15) is 4.79 Å². The minimum absolute atomic E-state index is 0.462. The van der Waals surface area contributed by atoms with Gasteiger partial charge in [0.2, 0.25) is 0 Å². The fourth-order valence-corrected chi connectivity index (χ4v) is 1.66. The second-order valence-corrected chi connectivity index (χ2v) is 3.91. The molecule has 98 valence electrons. The van der Waals surface area contributed by atoms with Crippen LogP contribution in [0.15, 0.2) is 54.6 Å². The number of benzene rings is 2. The summed E-state index contributed by atoms with van der Waals surface area (Å²) in [6.07, 6.45) is -0.462. The quantitative estimate of drug-likeness (QED) is 0.846. The lowest BCUT2D eigenvalue weighted by Gasteiger charge is -2.19. The highest BCUT2D eigenvalue weighted by molar-refractivity contribution is 5.90. The van der Waals surface area contributed by atoms with E-state index in [1.807, 2.05) is 30.3 Å². The molecule has 0 saturated carbocycles. The zero-order valence-electron chi connectivity index (χ0n) is 10.9. The van der Waals surface area contributed by atoms with Crippen LogP contribution >= 0.6 is 0 Å². The lowest BCUT2D eigenvalue weighted by atomic mass is 10.3. The standard InChI is InChI=1S/C15H15NO3/c1-16(13-10-6-7-11-14(13)18-2)15(17)19-12-8-4-3-5-9-12/h3-11H,1-2H3. The minimum atomic E-state index is -0.462. The second kappa shape index (κ2) is 5.91. The maximum absolute atomic E-state index is 12.0. The van der Waals surface area contributed by atoms with Gasteiger partial charge in [-0.05, 0) is 24.3 Å². The lowest BCUT2D eigenvalue weighted by Crippen LogP contribution is -2.29. The van der Waals surface area contributed by atoms with E-state index >= 15 is 0 Å². The highest BCUT2D eigenvalue weighted by atomic mass is 16.6. The van der Waals surface area contributed by atoms with Crippen molar-refractivity contribution in [3.05, 3.63) is 54.6 Å². The maximum atomic E-state index is 12.0. The third-order valence-electron chi connectivity index (χ3n) is 2.67. The van der Waals surface area contributed by atoms with Crippen molar-refractivity contribution in [2.24, 2.45) is 0 Å². The molecule has 4 nitrogen and oxygen atoms in total. The highest BCUT2D eigenvalue weighted by Gasteiger charge is 2.16. The average molecular weight is 257 g/mol. The van der Waals surface area contributed by atoms with E-state index < -0.39 is 6.09 Å². The van der Waals surface area contributed by atoms with E-state index in [1.54, 1.807) is 38.4 Å². The number of anilines is 1. The first-order valence-electron chi connectivity index (χ1n) is 5.86. The van der Waals surface area contributed by atoms with Gasteiger partial charge in [-0.3, -0.25) is 4.90 Å². The molecule has 1 amide bonds. The molecular formula is C15H15NO3. The Bertz CT molecular complexity index is 554. The predicted octanol–water partition coefficient (Wildman–Crippen LogP) is 3.33. The average Bonchev–Trinajstić information content (AvgIpc) is 2.47. The summed E-state index contributed by atoms with van der Waals surface area (Å²) >= 11 is 0. The molecule has 19 heavy (non-hydrogen) atoms. The summed E-state index contributed by atoms with van der Waals surface area (Å²) in [5.74, 6) is 1.13. The number of para-hydroxylation sites is 3. The van der Waals surface area contributed by atoms with Crippen LogP contribution < -0.4 is 14.4 Å². The summed E-state index contributed by atoms with van der Waals surface area (Å²) in [5.41, 5.74) is 0.658. The molecule has 0 atom stereocenters. The smallest absolute Gasteiger partial charge is 0.419 e. The number of ether oxygens (including phenoxy) is 2. The SMILES string of the molecule is COc1ccccc1N(C)C(=O)Oc1ccccc1. The second-order valence-electron chi connectivity index (χ2n) is 3.91. The number of nitrogens with zero attached hydrogens (tertiary/aromatic N) is 1. The zero-order chi connectivity index (χ0) is 13.7. The Morgan fingerprint density at radius 2 is 1.63 bits per heavy atom. The molecule has 0 aromatic heterocycles. The van der Waals surface area contributed by atoms with E-state index in [-0.39, 0.29) is 0 Å². The van der Waals surface area contributed by atoms with Crippen LogP contribution in [0.1, 0.15) is 0 Å². The Balaban J connectivity index is 2.15. The number of carbonyl (C=O) groups excluding carboxylic acids is 1. The molecule has 0 radical (unpaired) electrons. The van der Waals surface area contributed by atoms with Gasteiger partial charge in [0.05, 0.1) is 12.8 Å². The van der Waals surface area contributed by atoms with Gasteiger partial charge in [0.15, 0.2) is 0 Å². The predicted molar refractivity (Wildman–Crippen MR) is 73.9 cm³/mol. The Hall–Kier alpha value is -2.49. The summed E-state index contributed by atoms with van der Waals surface area (Å²) < 4.78 is 10.5. The van der Waals surface area contributed by atoms with Gasteiger partial charge in [-0.15, -0.1) is 0 Å². The zero-order valence-corrected chi connectivity index (χ0v) is 10.9. The van der Waals surface area contributed by atoms with Gasteiger partial charge in [-0.2, -0.15) is 0 Å². The largest absolute Gasteiger partial charge is 0.495 e. The summed E-state index contributed by atoms with van der Waals surface area (Å²) in [7, 11) is 3.21. The molecule has 0 aliphatic rings. The first kappa shape index (κ1) is 13.0. The van der Waals surface area contributed by atoms with Crippen LogP contribution in [0.5, 0.6) is 11.5 Å². The number of carbonyl (C=O) groups is 1. The van der Waals surface area contributed by atoms with E-state index in [0.29, 0.717) is 17.2 Å². The van der Waals surface area contributed by atoms with Crippen molar-refractivity contribution in [1.82, 2.24) is 0 Å². The van der Waals surface area contributed by atoms with E-state index in [2.05, 4.69) is 0 Å². The number of hydrogen-bond donors (Lipinski definition) is 0. The number of hydrogen-bond acceptors (Lipinski definition) is 3. The molecule has 0 bridgehead atoms. The Morgan fingerprint density at radius 3 is 2.32 bits per heavy atom. The van der Waals surface area contributed by atoms with Crippen LogP contribution in [0.25, 0.3) is 0 Å². The normalized spacial score (nSPS) is 9.79. The van der Waals surface area contributed by atoms with E-state index in [4.69, 9.17) is 9.47 Å². The van der Waals surface area contributed by atoms with E-state index in [1.165, 1.54) is 4.90 Å². The molecule has 0 saturated heterocycles. The van der Waals surface area contributed by atoms with Crippen molar-refractivity contribution in [3.8, 4) is 11.5 Å². The molecule has 2 aromatic rings. The minimum Gasteiger partial charge on any atom is -0.495 e. The summed E-state index contributed by atoms with van der Waals surface area (Å²) in [5, 5.41) is 0. The van der Waals surface area contributed by atoms with Crippen LogP contribution in [0.3, 0.4) is 0 Å². The van der Waals surface area contributed by atoms with Crippen LogP contribution in [0.4, 0.5) is 10.5 Å². The van der Waals surface area contributed by atoms with Gasteiger partial charge >= 0.3 is 6.09 Å². The summed E-state index contributed by atoms with van der Waals surface area (Å²) in [4.78, 5) is 13.4. The van der Waals surface area contributed by atoms with Crippen molar-refractivity contribution in [3.63, 3.8) is 0 Å². The van der Waals surface area contributed by atoms with Gasteiger partial charge in [-0.1, -0.05) is 30.3 Å². The monoisotopic (exact) mass is 257 g/mol. The lowest BCUT2D eigenvalue weighted by molar-refractivity contribution is 0.209. The van der Waals surface area contributed by atoms with Crippen LogP contribution in [-0.4, -0.2) is 20.3 Å².